The molecular formula is C26H28N2O4S. The first-order valence-electron chi connectivity index (χ1n) is 11.0. The van der Waals surface area contributed by atoms with E-state index in [9.17, 15) is 13.2 Å². The molecule has 1 heterocycles. The summed E-state index contributed by atoms with van der Waals surface area (Å²) < 4.78 is 32.2. The summed E-state index contributed by atoms with van der Waals surface area (Å²) in [5.41, 5.74) is 3.85. The number of nitrogens with zero attached hydrogens (tertiary/aromatic N) is 2. The highest BCUT2D eigenvalue weighted by Gasteiger charge is 2.26. The van der Waals surface area contributed by atoms with Crippen LogP contribution in [0.5, 0.6) is 0 Å². The number of aryl methyl sites for hydroxylation is 1. The van der Waals surface area contributed by atoms with Crippen LogP contribution in [0.1, 0.15) is 12.0 Å². The average Bonchev–Trinajstić information content (AvgIpc) is 2.88. The molecular weight excluding hydrogens is 436 g/mol. The first-order valence-corrected chi connectivity index (χ1v) is 12.5. The van der Waals surface area contributed by atoms with Crippen LogP contribution in [-0.4, -0.2) is 52.0 Å². The molecule has 0 spiro atoms. The van der Waals surface area contributed by atoms with Crippen LogP contribution in [-0.2, 0) is 26.0 Å². The van der Waals surface area contributed by atoms with Crippen molar-refractivity contribution in [1.29, 1.82) is 0 Å². The second-order valence-corrected chi connectivity index (χ2v) is 9.93. The lowest BCUT2D eigenvalue weighted by Crippen LogP contribution is -2.40. The Hall–Kier alpha value is -3.00. The first kappa shape index (κ1) is 23.2. The molecule has 1 fully saturated rings. The number of sulfonamides is 1. The summed E-state index contributed by atoms with van der Waals surface area (Å²) in [6.07, 6.45) is 0.865. The van der Waals surface area contributed by atoms with E-state index in [2.05, 4.69) is 0 Å². The Kier molecular flexibility index (Phi) is 7.23. The fourth-order valence-electron chi connectivity index (χ4n) is 3.95. The Morgan fingerprint density at radius 2 is 1.55 bits per heavy atom. The Morgan fingerprint density at radius 3 is 2.24 bits per heavy atom. The number of amides is 1. The van der Waals surface area contributed by atoms with Gasteiger partial charge in [-0.25, -0.2) is 8.42 Å². The third kappa shape index (κ3) is 5.33. The van der Waals surface area contributed by atoms with E-state index in [1.54, 1.807) is 36.2 Å². The third-order valence-electron chi connectivity index (χ3n) is 5.88. The summed E-state index contributed by atoms with van der Waals surface area (Å²) in [4.78, 5) is 14.9. The molecule has 33 heavy (non-hydrogen) atoms. The highest BCUT2D eigenvalue weighted by molar-refractivity contribution is 7.89. The monoisotopic (exact) mass is 464 g/mol. The molecule has 0 aliphatic carbocycles. The van der Waals surface area contributed by atoms with Crippen molar-refractivity contribution in [2.24, 2.45) is 0 Å². The van der Waals surface area contributed by atoms with Crippen LogP contribution in [0.2, 0.25) is 0 Å². The minimum absolute atomic E-state index is 0.00314. The van der Waals surface area contributed by atoms with Crippen LogP contribution >= 0.6 is 0 Å². The highest BCUT2D eigenvalue weighted by atomic mass is 32.2. The smallest absolute Gasteiger partial charge is 0.243 e. The van der Waals surface area contributed by atoms with Gasteiger partial charge in [0.1, 0.15) is 0 Å². The molecule has 172 valence electrons. The van der Waals surface area contributed by atoms with Crippen LogP contribution < -0.4 is 4.90 Å². The van der Waals surface area contributed by atoms with E-state index >= 15 is 0 Å². The Morgan fingerprint density at radius 1 is 0.909 bits per heavy atom. The Labute approximate surface area is 195 Å². The second-order valence-electron chi connectivity index (χ2n) is 8.00. The van der Waals surface area contributed by atoms with Crippen molar-refractivity contribution in [2.75, 3.05) is 38.3 Å². The molecule has 0 saturated carbocycles. The molecule has 1 saturated heterocycles. The topological polar surface area (TPSA) is 66.9 Å². The molecule has 0 aromatic heterocycles. The second kappa shape index (κ2) is 10.3. The van der Waals surface area contributed by atoms with Crippen LogP contribution in [0.3, 0.4) is 0 Å². The molecule has 1 aliphatic rings. The van der Waals surface area contributed by atoms with Crippen molar-refractivity contribution in [3.05, 3.63) is 84.4 Å². The number of anilines is 1. The van der Waals surface area contributed by atoms with Gasteiger partial charge in [0.15, 0.2) is 0 Å². The van der Waals surface area contributed by atoms with E-state index in [-0.39, 0.29) is 10.8 Å². The van der Waals surface area contributed by atoms with E-state index in [0.29, 0.717) is 39.1 Å². The number of ether oxygens (including phenoxy) is 1. The predicted molar refractivity (Wildman–Crippen MR) is 130 cm³/mol. The molecule has 7 heteroatoms. The van der Waals surface area contributed by atoms with Gasteiger partial charge in [-0.15, -0.1) is 0 Å². The van der Waals surface area contributed by atoms with Crippen molar-refractivity contribution in [3.8, 4) is 11.1 Å². The van der Waals surface area contributed by atoms with Gasteiger partial charge in [-0.1, -0.05) is 60.7 Å². The van der Waals surface area contributed by atoms with Gasteiger partial charge in [-0.3, -0.25) is 4.79 Å². The average molecular weight is 465 g/mol. The van der Waals surface area contributed by atoms with Crippen LogP contribution in [0, 0.1) is 0 Å². The normalized spacial score (nSPS) is 14.7. The van der Waals surface area contributed by atoms with Crippen LogP contribution in [0.15, 0.2) is 83.8 Å². The molecule has 0 radical (unpaired) electrons. The van der Waals surface area contributed by atoms with E-state index in [0.717, 1.165) is 22.4 Å². The highest BCUT2D eigenvalue weighted by Crippen LogP contribution is 2.30. The van der Waals surface area contributed by atoms with E-state index in [1.165, 1.54) is 4.31 Å². The lowest BCUT2D eigenvalue weighted by molar-refractivity contribution is -0.118. The van der Waals surface area contributed by atoms with Crippen molar-refractivity contribution < 1.29 is 17.9 Å². The number of hydrogen-bond donors (Lipinski definition) is 0. The lowest BCUT2D eigenvalue weighted by Gasteiger charge is -2.26. The molecule has 0 N–H and O–H groups in total. The number of carbonyl (C=O) groups excluding carboxylic acids is 1. The number of carbonyl (C=O) groups is 1. The molecule has 3 aromatic rings. The molecule has 1 aliphatic heterocycles. The summed E-state index contributed by atoms with van der Waals surface area (Å²) in [5, 5.41) is 0. The van der Waals surface area contributed by atoms with E-state index in [4.69, 9.17) is 4.74 Å². The maximum absolute atomic E-state index is 12.9. The molecule has 6 nitrogen and oxygen atoms in total. The number of rotatable bonds is 7. The molecule has 0 bridgehead atoms. The van der Waals surface area contributed by atoms with Gasteiger partial charge in [0, 0.05) is 32.1 Å². The van der Waals surface area contributed by atoms with Crippen molar-refractivity contribution in [2.45, 2.75) is 17.7 Å². The van der Waals surface area contributed by atoms with Crippen LogP contribution in [0.4, 0.5) is 5.69 Å². The fourth-order valence-corrected chi connectivity index (χ4v) is 5.35. The van der Waals surface area contributed by atoms with E-state index in [1.807, 2.05) is 54.6 Å². The third-order valence-corrected chi connectivity index (χ3v) is 7.80. The Balaban J connectivity index is 1.41. The molecule has 3 aromatic carbocycles. The summed E-state index contributed by atoms with van der Waals surface area (Å²) in [5.74, 6) is 0.00314. The zero-order chi connectivity index (χ0) is 23.3. The number of hydrogen-bond acceptors (Lipinski definition) is 4. The largest absolute Gasteiger partial charge is 0.379 e. The summed E-state index contributed by atoms with van der Waals surface area (Å²) >= 11 is 0. The van der Waals surface area contributed by atoms with Gasteiger partial charge in [0.2, 0.25) is 15.9 Å². The molecule has 4 rings (SSSR count). The van der Waals surface area contributed by atoms with Crippen molar-refractivity contribution in [1.82, 2.24) is 4.31 Å². The zero-order valence-electron chi connectivity index (χ0n) is 18.7. The SMILES string of the molecule is CN(C(=O)CCc1ccc(S(=O)(=O)N2CCOCC2)cc1)c1ccccc1-c1ccccc1. The predicted octanol–water partition coefficient (Wildman–Crippen LogP) is 3.97. The molecule has 0 unspecified atom stereocenters. The maximum Gasteiger partial charge on any atom is 0.243 e. The Bertz CT molecular complexity index is 1190. The minimum atomic E-state index is -3.51. The van der Waals surface area contributed by atoms with Gasteiger partial charge in [0.05, 0.1) is 23.8 Å². The first-order chi connectivity index (χ1) is 16.0. The van der Waals surface area contributed by atoms with Crippen molar-refractivity contribution >= 4 is 21.6 Å². The fraction of sp³-hybridized carbons (Fsp3) is 0.269. The maximum atomic E-state index is 12.9. The number of morpholine rings is 1. The van der Waals surface area contributed by atoms with Gasteiger partial charge in [-0.05, 0) is 35.7 Å². The van der Waals surface area contributed by atoms with Gasteiger partial charge >= 0.3 is 0 Å². The molecule has 1 amide bonds. The van der Waals surface area contributed by atoms with Crippen molar-refractivity contribution in [3.63, 3.8) is 0 Å². The van der Waals surface area contributed by atoms with Gasteiger partial charge in [0.25, 0.3) is 0 Å². The van der Waals surface area contributed by atoms with Gasteiger partial charge in [-0.2, -0.15) is 4.31 Å². The quantitative estimate of drug-likeness (QED) is 0.531. The van der Waals surface area contributed by atoms with Crippen LogP contribution in [0.25, 0.3) is 11.1 Å². The summed E-state index contributed by atoms with van der Waals surface area (Å²) in [6, 6.07) is 24.7. The zero-order valence-corrected chi connectivity index (χ0v) is 19.5. The minimum Gasteiger partial charge on any atom is -0.379 e. The standard InChI is InChI=1S/C26H28N2O4S/c1-27(25-10-6-5-9-24(25)22-7-3-2-4-8-22)26(29)16-13-21-11-14-23(15-12-21)33(30,31)28-17-19-32-20-18-28/h2-12,14-15H,13,16-20H2,1H3. The van der Waals surface area contributed by atoms with Gasteiger partial charge < -0.3 is 9.64 Å². The van der Waals surface area contributed by atoms with E-state index < -0.39 is 10.0 Å². The summed E-state index contributed by atoms with van der Waals surface area (Å²) in [7, 11) is -1.72. The molecule has 0 atom stereocenters. The summed E-state index contributed by atoms with van der Waals surface area (Å²) in [6.45, 7) is 1.57. The number of benzene rings is 3. The lowest BCUT2D eigenvalue weighted by atomic mass is 10.0. The number of para-hydroxylation sites is 1.